The van der Waals surface area contributed by atoms with E-state index in [0.29, 0.717) is 6.04 Å². The molecule has 0 rings (SSSR count). The Bertz CT molecular complexity index is 115. The van der Waals surface area contributed by atoms with E-state index < -0.39 is 0 Å². The third kappa shape index (κ3) is 8.00. The van der Waals surface area contributed by atoms with Gasteiger partial charge < -0.3 is 10.1 Å². The minimum atomic E-state index is 0.541. The van der Waals surface area contributed by atoms with Gasteiger partial charge in [0.1, 0.15) is 0 Å². The first-order chi connectivity index (χ1) is 6.35. The van der Waals surface area contributed by atoms with Crippen molar-refractivity contribution in [2.75, 3.05) is 19.8 Å². The Morgan fingerprint density at radius 1 is 1.38 bits per heavy atom. The number of ether oxygens (including phenoxy) is 1. The Kier molecular flexibility index (Phi) is 9.49. The van der Waals surface area contributed by atoms with Crippen LogP contribution in [-0.4, -0.2) is 25.8 Å². The van der Waals surface area contributed by atoms with Crippen molar-refractivity contribution in [3.05, 3.63) is 12.7 Å². The van der Waals surface area contributed by atoms with E-state index in [9.17, 15) is 0 Å². The van der Waals surface area contributed by atoms with Crippen molar-refractivity contribution in [1.82, 2.24) is 5.32 Å². The lowest BCUT2D eigenvalue weighted by molar-refractivity contribution is 0.125. The van der Waals surface area contributed by atoms with Gasteiger partial charge in [-0.3, -0.25) is 0 Å². The van der Waals surface area contributed by atoms with Gasteiger partial charge in [0.15, 0.2) is 0 Å². The van der Waals surface area contributed by atoms with Gasteiger partial charge in [0.25, 0.3) is 0 Å². The van der Waals surface area contributed by atoms with Crippen LogP contribution in [0.15, 0.2) is 12.7 Å². The molecule has 1 atom stereocenters. The van der Waals surface area contributed by atoms with Crippen LogP contribution in [-0.2, 0) is 4.74 Å². The van der Waals surface area contributed by atoms with E-state index in [1.165, 1.54) is 0 Å². The number of hydrogen-bond acceptors (Lipinski definition) is 2. The van der Waals surface area contributed by atoms with Crippen molar-refractivity contribution in [1.29, 1.82) is 0 Å². The first-order valence-corrected chi connectivity index (χ1v) is 5.27. The predicted octanol–water partition coefficient (Wildman–Crippen LogP) is 2.36. The lowest BCUT2D eigenvalue weighted by atomic mass is 10.1. The number of nitrogens with one attached hydrogen (secondary N) is 1. The average molecular weight is 185 g/mol. The van der Waals surface area contributed by atoms with Gasteiger partial charge in [-0.25, -0.2) is 0 Å². The Morgan fingerprint density at radius 2 is 2.15 bits per heavy atom. The molecule has 0 aromatic heterocycles. The summed E-state index contributed by atoms with van der Waals surface area (Å²) in [6.45, 7) is 10.8. The van der Waals surface area contributed by atoms with Crippen molar-refractivity contribution < 1.29 is 4.74 Å². The van der Waals surface area contributed by atoms with E-state index in [1.54, 1.807) is 0 Å². The molecule has 0 bridgehead atoms. The van der Waals surface area contributed by atoms with E-state index in [-0.39, 0.29) is 0 Å². The molecule has 0 spiro atoms. The van der Waals surface area contributed by atoms with E-state index in [1.807, 2.05) is 6.08 Å². The molecule has 0 aromatic rings. The standard InChI is InChI=1S/C11H23NO/c1-4-7-11(12-6-3)8-10-13-9-5-2/h4,11-12H,1,5-10H2,2-3H3. The summed E-state index contributed by atoms with van der Waals surface area (Å²) in [4.78, 5) is 0. The van der Waals surface area contributed by atoms with Gasteiger partial charge in [0.2, 0.25) is 0 Å². The van der Waals surface area contributed by atoms with Crippen LogP contribution in [0.1, 0.15) is 33.1 Å². The smallest absolute Gasteiger partial charge is 0.0480 e. The SMILES string of the molecule is C=CCC(CCOCCC)NCC. The molecule has 0 radical (unpaired) electrons. The minimum Gasteiger partial charge on any atom is -0.381 e. The largest absolute Gasteiger partial charge is 0.381 e. The summed E-state index contributed by atoms with van der Waals surface area (Å²) >= 11 is 0. The van der Waals surface area contributed by atoms with Crippen LogP contribution in [0, 0.1) is 0 Å². The molecule has 0 amide bonds. The first kappa shape index (κ1) is 12.7. The van der Waals surface area contributed by atoms with Crippen LogP contribution < -0.4 is 5.32 Å². The normalized spacial score (nSPS) is 12.8. The Morgan fingerprint density at radius 3 is 2.69 bits per heavy atom. The molecule has 0 heterocycles. The van der Waals surface area contributed by atoms with Gasteiger partial charge in [-0.2, -0.15) is 0 Å². The average Bonchev–Trinajstić information content (AvgIpc) is 2.13. The maximum atomic E-state index is 5.43. The molecule has 0 aromatic carbocycles. The molecule has 2 nitrogen and oxygen atoms in total. The Labute approximate surface area is 82.4 Å². The van der Waals surface area contributed by atoms with Gasteiger partial charge in [-0.05, 0) is 25.8 Å². The monoisotopic (exact) mass is 185 g/mol. The van der Waals surface area contributed by atoms with Gasteiger partial charge in [0.05, 0.1) is 0 Å². The maximum Gasteiger partial charge on any atom is 0.0480 e. The molecule has 1 unspecified atom stereocenters. The van der Waals surface area contributed by atoms with Crippen molar-refractivity contribution in [2.24, 2.45) is 0 Å². The van der Waals surface area contributed by atoms with Crippen LogP contribution in [0.4, 0.5) is 0 Å². The second-order valence-corrected chi connectivity index (χ2v) is 3.18. The van der Waals surface area contributed by atoms with Crippen molar-refractivity contribution in [3.8, 4) is 0 Å². The highest BCUT2D eigenvalue weighted by Gasteiger charge is 2.03. The molecule has 0 aliphatic carbocycles. The lowest BCUT2D eigenvalue weighted by Crippen LogP contribution is -2.29. The summed E-state index contributed by atoms with van der Waals surface area (Å²) in [7, 11) is 0. The van der Waals surface area contributed by atoms with E-state index in [0.717, 1.165) is 39.0 Å². The second kappa shape index (κ2) is 9.75. The third-order valence-corrected chi connectivity index (χ3v) is 1.90. The van der Waals surface area contributed by atoms with Gasteiger partial charge in [0, 0.05) is 19.3 Å². The number of rotatable bonds is 9. The molecule has 0 fully saturated rings. The molecule has 1 N–H and O–H groups in total. The molecule has 0 saturated heterocycles. The fourth-order valence-corrected chi connectivity index (χ4v) is 1.27. The third-order valence-electron chi connectivity index (χ3n) is 1.90. The zero-order chi connectivity index (χ0) is 9.94. The molecule has 0 aliphatic rings. The predicted molar refractivity (Wildman–Crippen MR) is 58.0 cm³/mol. The van der Waals surface area contributed by atoms with E-state index >= 15 is 0 Å². The van der Waals surface area contributed by atoms with Gasteiger partial charge in [-0.1, -0.05) is 19.9 Å². The highest BCUT2D eigenvalue weighted by atomic mass is 16.5. The van der Waals surface area contributed by atoms with E-state index in [4.69, 9.17) is 4.74 Å². The van der Waals surface area contributed by atoms with Crippen LogP contribution in [0.5, 0.6) is 0 Å². The highest BCUT2D eigenvalue weighted by molar-refractivity contribution is 4.77. The summed E-state index contributed by atoms with van der Waals surface area (Å²) in [5.41, 5.74) is 0. The summed E-state index contributed by atoms with van der Waals surface area (Å²) in [5, 5.41) is 3.41. The van der Waals surface area contributed by atoms with Gasteiger partial charge in [-0.15, -0.1) is 6.58 Å². The van der Waals surface area contributed by atoms with E-state index in [2.05, 4.69) is 25.7 Å². The Hall–Kier alpha value is -0.340. The summed E-state index contributed by atoms with van der Waals surface area (Å²) < 4.78 is 5.43. The van der Waals surface area contributed by atoms with Crippen LogP contribution in [0.3, 0.4) is 0 Å². The molecule has 2 heteroatoms. The molecule has 0 saturated carbocycles. The van der Waals surface area contributed by atoms with Gasteiger partial charge >= 0.3 is 0 Å². The zero-order valence-electron chi connectivity index (χ0n) is 9.01. The van der Waals surface area contributed by atoms with Crippen LogP contribution >= 0.6 is 0 Å². The first-order valence-electron chi connectivity index (χ1n) is 5.27. The lowest BCUT2D eigenvalue weighted by Gasteiger charge is -2.15. The molecule has 0 aliphatic heterocycles. The summed E-state index contributed by atoms with van der Waals surface area (Å²) in [6.07, 6.45) is 5.18. The molecular weight excluding hydrogens is 162 g/mol. The summed E-state index contributed by atoms with van der Waals surface area (Å²) in [5.74, 6) is 0. The second-order valence-electron chi connectivity index (χ2n) is 3.18. The zero-order valence-corrected chi connectivity index (χ0v) is 9.01. The fraction of sp³-hybridized carbons (Fsp3) is 0.818. The van der Waals surface area contributed by atoms with Crippen LogP contribution in [0.2, 0.25) is 0 Å². The Balaban J connectivity index is 3.38. The quantitative estimate of drug-likeness (QED) is 0.440. The molecular formula is C11H23NO. The fourth-order valence-electron chi connectivity index (χ4n) is 1.27. The topological polar surface area (TPSA) is 21.3 Å². The molecule has 13 heavy (non-hydrogen) atoms. The molecule has 78 valence electrons. The maximum absolute atomic E-state index is 5.43. The minimum absolute atomic E-state index is 0.541. The van der Waals surface area contributed by atoms with Crippen LogP contribution in [0.25, 0.3) is 0 Å². The van der Waals surface area contributed by atoms with Crippen molar-refractivity contribution >= 4 is 0 Å². The van der Waals surface area contributed by atoms with Crippen molar-refractivity contribution in [3.63, 3.8) is 0 Å². The summed E-state index contributed by atoms with van der Waals surface area (Å²) in [6, 6.07) is 0.541. The highest BCUT2D eigenvalue weighted by Crippen LogP contribution is 1.99. The van der Waals surface area contributed by atoms with Crippen molar-refractivity contribution in [2.45, 2.75) is 39.2 Å². The number of hydrogen-bond donors (Lipinski definition) is 1.